The van der Waals surface area contributed by atoms with E-state index in [1.807, 2.05) is 6.92 Å². The van der Waals surface area contributed by atoms with Crippen LogP contribution in [0.2, 0.25) is 0 Å². The number of aliphatic carboxylic acids is 1. The first-order valence-corrected chi connectivity index (χ1v) is 5.90. The minimum atomic E-state index is -0.627. The van der Waals surface area contributed by atoms with Gasteiger partial charge in [-0.3, -0.25) is 4.79 Å². The Morgan fingerprint density at radius 1 is 1.20 bits per heavy atom. The molecule has 15 heavy (non-hydrogen) atoms. The first-order chi connectivity index (χ1) is 6.94. The molecule has 0 aromatic carbocycles. The highest BCUT2D eigenvalue weighted by molar-refractivity contribution is 5.75. The first-order valence-electron chi connectivity index (χ1n) is 5.90. The van der Waals surface area contributed by atoms with Gasteiger partial charge in [0, 0.05) is 0 Å². The van der Waals surface area contributed by atoms with E-state index in [1.54, 1.807) is 0 Å². The van der Waals surface area contributed by atoms with Crippen molar-refractivity contribution in [1.29, 1.82) is 0 Å². The van der Waals surface area contributed by atoms with Crippen LogP contribution >= 0.6 is 0 Å². The van der Waals surface area contributed by atoms with Crippen molar-refractivity contribution in [2.45, 2.75) is 44.6 Å². The number of carboxylic acids is 1. The molecule has 0 spiro atoms. The summed E-state index contributed by atoms with van der Waals surface area (Å²) in [5.74, 6) is 0.371. The Morgan fingerprint density at radius 2 is 1.73 bits per heavy atom. The lowest BCUT2D eigenvalue weighted by molar-refractivity contribution is -0.205. The molecule has 0 aromatic heterocycles. The molecule has 3 heteroatoms. The summed E-state index contributed by atoms with van der Waals surface area (Å²) in [7, 11) is 0. The number of hydrogen-bond acceptors (Lipinski definition) is 2. The van der Waals surface area contributed by atoms with Crippen molar-refractivity contribution in [3.8, 4) is 0 Å². The van der Waals surface area contributed by atoms with Crippen molar-refractivity contribution in [2.24, 2.45) is 23.2 Å². The zero-order valence-electron chi connectivity index (χ0n) is 9.07. The molecule has 3 nitrogen and oxygen atoms in total. The molecule has 4 saturated carbocycles. The molecule has 0 aromatic rings. The highest BCUT2D eigenvalue weighted by Gasteiger charge is 2.62. The molecule has 4 fully saturated rings. The lowest BCUT2D eigenvalue weighted by Gasteiger charge is -2.61. The van der Waals surface area contributed by atoms with E-state index in [-0.39, 0.29) is 11.8 Å². The third-order valence-electron chi connectivity index (χ3n) is 5.30. The third-order valence-corrected chi connectivity index (χ3v) is 5.30. The van der Waals surface area contributed by atoms with Crippen molar-refractivity contribution in [2.75, 3.05) is 0 Å². The minimum absolute atomic E-state index is 0.222. The Labute approximate surface area is 89.5 Å². The molecule has 0 unspecified atom stereocenters. The smallest absolute Gasteiger partial charge is 0.309 e. The van der Waals surface area contributed by atoms with Crippen molar-refractivity contribution < 1.29 is 15.0 Å². The van der Waals surface area contributed by atoms with Crippen LogP contribution in [0.5, 0.6) is 0 Å². The van der Waals surface area contributed by atoms with Crippen LogP contribution in [0.15, 0.2) is 0 Å². The van der Waals surface area contributed by atoms with Gasteiger partial charge in [-0.1, -0.05) is 0 Å². The van der Waals surface area contributed by atoms with E-state index in [4.69, 9.17) is 0 Å². The fraction of sp³-hybridized carbons (Fsp3) is 0.917. The monoisotopic (exact) mass is 210 g/mol. The summed E-state index contributed by atoms with van der Waals surface area (Å²) >= 11 is 0. The van der Waals surface area contributed by atoms with Crippen molar-refractivity contribution in [1.82, 2.24) is 0 Å². The normalized spacial score (nSPS) is 57.1. The molecule has 4 aliphatic rings. The maximum atomic E-state index is 11.4. The summed E-state index contributed by atoms with van der Waals surface area (Å²) < 4.78 is 0. The van der Waals surface area contributed by atoms with Crippen LogP contribution in [0.25, 0.3) is 0 Å². The quantitative estimate of drug-likeness (QED) is 0.692. The fourth-order valence-corrected chi connectivity index (χ4v) is 4.47. The summed E-state index contributed by atoms with van der Waals surface area (Å²) in [6.45, 7) is 1.91. The molecule has 0 heterocycles. The second-order valence-electron chi connectivity index (χ2n) is 6.15. The summed E-state index contributed by atoms with van der Waals surface area (Å²) in [6, 6.07) is 0. The van der Waals surface area contributed by atoms with Crippen LogP contribution < -0.4 is 0 Å². The fourth-order valence-electron chi connectivity index (χ4n) is 4.47. The van der Waals surface area contributed by atoms with Gasteiger partial charge in [-0.15, -0.1) is 0 Å². The van der Waals surface area contributed by atoms with E-state index in [9.17, 15) is 15.0 Å². The summed E-state index contributed by atoms with van der Waals surface area (Å²) in [5.41, 5.74) is -1.09. The van der Waals surface area contributed by atoms with Gasteiger partial charge in [-0.2, -0.15) is 0 Å². The Bertz CT molecular complexity index is 303. The number of carboxylic acid groups (broad SMARTS) is 1. The van der Waals surface area contributed by atoms with Gasteiger partial charge in [0.15, 0.2) is 0 Å². The van der Waals surface area contributed by atoms with Crippen LogP contribution in [0.4, 0.5) is 0 Å². The lowest BCUT2D eigenvalue weighted by Crippen LogP contribution is -2.61. The maximum Gasteiger partial charge on any atom is 0.309 e. The van der Waals surface area contributed by atoms with Crippen LogP contribution in [0.3, 0.4) is 0 Å². The molecule has 2 N–H and O–H groups in total. The summed E-state index contributed by atoms with van der Waals surface area (Å²) in [4.78, 5) is 11.4. The molecule has 0 saturated heterocycles. The zero-order valence-corrected chi connectivity index (χ0v) is 9.07. The molecule has 4 bridgehead atoms. The van der Waals surface area contributed by atoms with Gasteiger partial charge in [0.25, 0.3) is 0 Å². The van der Waals surface area contributed by atoms with Gasteiger partial charge in [0.05, 0.1) is 11.0 Å². The number of hydrogen-bond donors (Lipinski definition) is 2. The highest BCUT2D eigenvalue weighted by Crippen LogP contribution is 2.63. The van der Waals surface area contributed by atoms with E-state index in [0.717, 1.165) is 19.3 Å². The van der Waals surface area contributed by atoms with Crippen LogP contribution in [-0.4, -0.2) is 21.8 Å². The molecule has 2 atom stereocenters. The van der Waals surface area contributed by atoms with E-state index >= 15 is 0 Å². The predicted molar refractivity (Wildman–Crippen MR) is 54.2 cm³/mol. The largest absolute Gasteiger partial charge is 0.481 e. The summed E-state index contributed by atoms with van der Waals surface area (Å²) in [6.07, 6.45) is 4.33. The van der Waals surface area contributed by atoms with Crippen LogP contribution in [0, 0.1) is 23.2 Å². The number of rotatable bonds is 1. The van der Waals surface area contributed by atoms with Gasteiger partial charge in [0.1, 0.15) is 0 Å². The van der Waals surface area contributed by atoms with Gasteiger partial charge in [-0.25, -0.2) is 0 Å². The van der Waals surface area contributed by atoms with Crippen LogP contribution in [0.1, 0.15) is 39.0 Å². The molecule has 84 valence electrons. The van der Waals surface area contributed by atoms with E-state index in [2.05, 4.69) is 0 Å². The summed E-state index contributed by atoms with van der Waals surface area (Å²) in [5, 5.41) is 19.8. The Hall–Kier alpha value is -0.570. The standard InChI is InChI=1S/C12H18O3/c1-11(15)8-2-7-3-9(11)6-12(4-7,5-8)10(13)14/h7-9,15H,2-6H2,1H3,(H,13,14)/t7?,8-,9-,11?,12?/m1/s1. The van der Waals surface area contributed by atoms with E-state index in [0.29, 0.717) is 18.8 Å². The molecule has 0 amide bonds. The molecule has 0 radical (unpaired) electrons. The number of aliphatic hydroxyl groups is 1. The SMILES string of the molecule is CC1(O)[C@@H]2CC3C[C@@H]1CC(C(=O)O)(C3)C2. The zero-order chi connectivity index (χ0) is 10.8. The Morgan fingerprint density at radius 3 is 2.20 bits per heavy atom. The lowest BCUT2D eigenvalue weighted by atomic mass is 9.45. The maximum absolute atomic E-state index is 11.4. The highest BCUT2D eigenvalue weighted by atomic mass is 16.4. The first kappa shape index (κ1) is 9.64. The molecule has 4 rings (SSSR count). The number of carbonyl (C=O) groups is 1. The van der Waals surface area contributed by atoms with Crippen LogP contribution in [-0.2, 0) is 4.79 Å². The minimum Gasteiger partial charge on any atom is -0.481 e. The molecule has 4 aliphatic carbocycles. The van der Waals surface area contributed by atoms with E-state index < -0.39 is 17.0 Å². The topological polar surface area (TPSA) is 57.5 Å². The van der Waals surface area contributed by atoms with Crippen molar-refractivity contribution in [3.63, 3.8) is 0 Å². The average Bonchev–Trinajstić information content (AvgIpc) is 2.13. The van der Waals surface area contributed by atoms with Gasteiger partial charge in [-0.05, 0) is 56.8 Å². The predicted octanol–water partition coefficient (Wildman–Crippen LogP) is 1.65. The van der Waals surface area contributed by atoms with E-state index in [1.165, 1.54) is 0 Å². The van der Waals surface area contributed by atoms with Crippen molar-refractivity contribution in [3.05, 3.63) is 0 Å². The Kier molecular flexibility index (Phi) is 1.65. The van der Waals surface area contributed by atoms with Gasteiger partial charge >= 0.3 is 5.97 Å². The second-order valence-corrected chi connectivity index (χ2v) is 6.15. The molecular formula is C12H18O3. The average molecular weight is 210 g/mol. The Balaban J connectivity index is 2.00. The third kappa shape index (κ3) is 1.07. The van der Waals surface area contributed by atoms with Gasteiger partial charge in [0.2, 0.25) is 0 Å². The second kappa shape index (κ2) is 2.57. The molecular weight excluding hydrogens is 192 g/mol. The van der Waals surface area contributed by atoms with Gasteiger partial charge < -0.3 is 10.2 Å². The van der Waals surface area contributed by atoms with Crippen molar-refractivity contribution >= 4 is 5.97 Å². The molecule has 0 aliphatic heterocycles.